The number of aliphatic hydroxyl groups is 1. The van der Waals surface area contributed by atoms with Crippen molar-refractivity contribution in [2.75, 3.05) is 6.54 Å². The molecule has 0 bridgehead atoms. The monoisotopic (exact) mass is 211 g/mol. The van der Waals surface area contributed by atoms with Crippen molar-refractivity contribution < 1.29 is 9.90 Å². The Morgan fingerprint density at radius 2 is 2.53 bits per heavy atom. The number of aromatic nitrogens is 2. The van der Waals surface area contributed by atoms with E-state index in [0.29, 0.717) is 19.4 Å². The van der Waals surface area contributed by atoms with Gasteiger partial charge in [0.15, 0.2) is 0 Å². The number of carbonyl (C=O) groups excluding carboxylic acids is 1. The Kier molecular flexibility index (Phi) is 4.83. The highest BCUT2D eigenvalue weighted by molar-refractivity contribution is 5.77. The van der Waals surface area contributed by atoms with Crippen molar-refractivity contribution in [1.29, 1.82) is 0 Å². The predicted octanol–water partition coefficient (Wildman–Crippen LogP) is 0.229. The summed E-state index contributed by atoms with van der Waals surface area (Å²) < 4.78 is 0. The summed E-state index contributed by atoms with van der Waals surface area (Å²) in [5.41, 5.74) is 0.808. The molecule has 1 aromatic heterocycles. The third-order valence-electron chi connectivity index (χ3n) is 2.03. The van der Waals surface area contributed by atoms with Gasteiger partial charge in [0, 0.05) is 18.4 Å². The van der Waals surface area contributed by atoms with Gasteiger partial charge in [-0.3, -0.25) is 9.89 Å². The van der Waals surface area contributed by atoms with Gasteiger partial charge >= 0.3 is 0 Å². The molecule has 0 aliphatic heterocycles. The van der Waals surface area contributed by atoms with Crippen LogP contribution in [0.15, 0.2) is 12.3 Å². The highest BCUT2D eigenvalue weighted by atomic mass is 16.3. The molecular formula is C10H17N3O2. The van der Waals surface area contributed by atoms with Crippen LogP contribution in [0.25, 0.3) is 0 Å². The molecule has 1 amide bonds. The largest absolute Gasteiger partial charge is 0.393 e. The normalized spacial score (nSPS) is 12.4. The zero-order valence-electron chi connectivity index (χ0n) is 8.86. The Bertz CT molecular complexity index is 283. The second kappa shape index (κ2) is 6.19. The third-order valence-corrected chi connectivity index (χ3v) is 2.03. The molecule has 1 heterocycles. The summed E-state index contributed by atoms with van der Waals surface area (Å²) in [5, 5.41) is 18.3. The second-order valence-electron chi connectivity index (χ2n) is 3.60. The number of H-pyrrole nitrogens is 1. The third kappa shape index (κ3) is 5.17. The van der Waals surface area contributed by atoms with Crippen LogP contribution in [0, 0.1) is 0 Å². The maximum absolute atomic E-state index is 11.3. The standard InChI is InChI=1S/C10H17N3O2/c1-8(14)3-2-5-11-10(15)7-9-4-6-12-13-9/h4,6,8,14H,2-3,5,7H2,1H3,(H,11,15)(H,12,13). The molecule has 5 heteroatoms. The van der Waals surface area contributed by atoms with Crippen molar-refractivity contribution >= 4 is 5.91 Å². The highest BCUT2D eigenvalue weighted by Gasteiger charge is 2.03. The van der Waals surface area contributed by atoms with Gasteiger partial charge < -0.3 is 10.4 Å². The number of aliphatic hydroxyl groups excluding tert-OH is 1. The maximum atomic E-state index is 11.3. The van der Waals surface area contributed by atoms with Crippen molar-refractivity contribution in [1.82, 2.24) is 15.5 Å². The Morgan fingerprint density at radius 1 is 1.73 bits per heavy atom. The van der Waals surface area contributed by atoms with Crippen molar-refractivity contribution in [2.45, 2.75) is 32.3 Å². The minimum atomic E-state index is -0.297. The summed E-state index contributed by atoms with van der Waals surface area (Å²) in [7, 11) is 0. The number of nitrogens with zero attached hydrogens (tertiary/aromatic N) is 1. The summed E-state index contributed by atoms with van der Waals surface area (Å²) in [6, 6.07) is 1.77. The molecule has 0 saturated carbocycles. The Labute approximate surface area is 88.9 Å². The predicted molar refractivity (Wildman–Crippen MR) is 56.2 cm³/mol. The molecule has 0 radical (unpaired) electrons. The van der Waals surface area contributed by atoms with Gasteiger partial charge in [-0.05, 0) is 25.8 Å². The van der Waals surface area contributed by atoms with Crippen LogP contribution in [0.2, 0.25) is 0 Å². The Morgan fingerprint density at radius 3 is 3.13 bits per heavy atom. The van der Waals surface area contributed by atoms with E-state index in [1.54, 1.807) is 19.2 Å². The maximum Gasteiger partial charge on any atom is 0.225 e. The molecule has 1 aromatic rings. The quantitative estimate of drug-likeness (QED) is 0.589. The fourth-order valence-corrected chi connectivity index (χ4v) is 1.24. The molecule has 0 aromatic carbocycles. The number of carbonyl (C=O) groups is 1. The average Bonchev–Trinajstić information content (AvgIpc) is 2.64. The van der Waals surface area contributed by atoms with Gasteiger partial charge in [-0.15, -0.1) is 0 Å². The number of nitrogens with one attached hydrogen (secondary N) is 2. The summed E-state index contributed by atoms with van der Waals surface area (Å²) in [5.74, 6) is -0.0233. The first-order chi connectivity index (χ1) is 7.18. The van der Waals surface area contributed by atoms with E-state index in [2.05, 4.69) is 15.5 Å². The van der Waals surface area contributed by atoms with E-state index in [-0.39, 0.29) is 12.0 Å². The zero-order valence-corrected chi connectivity index (χ0v) is 8.86. The number of hydrogen-bond acceptors (Lipinski definition) is 3. The van der Waals surface area contributed by atoms with Crippen LogP contribution in [0.3, 0.4) is 0 Å². The number of hydrogen-bond donors (Lipinski definition) is 3. The summed E-state index contributed by atoms with van der Waals surface area (Å²) in [4.78, 5) is 11.3. The molecule has 3 N–H and O–H groups in total. The lowest BCUT2D eigenvalue weighted by molar-refractivity contribution is -0.120. The zero-order chi connectivity index (χ0) is 11.1. The first kappa shape index (κ1) is 11.7. The lowest BCUT2D eigenvalue weighted by atomic mass is 10.2. The second-order valence-corrected chi connectivity index (χ2v) is 3.60. The van der Waals surface area contributed by atoms with Crippen LogP contribution >= 0.6 is 0 Å². The minimum Gasteiger partial charge on any atom is -0.393 e. The van der Waals surface area contributed by atoms with Gasteiger partial charge in [0.05, 0.1) is 12.5 Å². The van der Waals surface area contributed by atoms with Crippen molar-refractivity contribution in [2.24, 2.45) is 0 Å². The molecule has 0 spiro atoms. The van der Waals surface area contributed by atoms with Crippen molar-refractivity contribution in [3.05, 3.63) is 18.0 Å². The molecule has 15 heavy (non-hydrogen) atoms. The fourth-order valence-electron chi connectivity index (χ4n) is 1.24. The first-order valence-corrected chi connectivity index (χ1v) is 5.11. The van der Waals surface area contributed by atoms with Crippen molar-refractivity contribution in [3.63, 3.8) is 0 Å². The molecule has 1 rings (SSSR count). The van der Waals surface area contributed by atoms with Gasteiger partial charge in [0.2, 0.25) is 5.91 Å². The van der Waals surface area contributed by atoms with Gasteiger partial charge in [-0.2, -0.15) is 5.10 Å². The molecular weight excluding hydrogens is 194 g/mol. The first-order valence-electron chi connectivity index (χ1n) is 5.11. The summed E-state index contributed by atoms with van der Waals surface area (Å²) in [6.45, 7) is 2.35. The molecule has 84 valence electrons. The average molecular weight is 211 g/mol. The SMILES string of the molecule is CC(O)CCCNC(=O)Cc1ccn[nH]1. The smallest absolute Gasteiger partial charge is 0.225 e. The topological polar surface area (TPSA) is 78.0 Å². The van der Waals surface area contributed by atoms with E-state index in [9.17, 15) is 4.79 Å². The lowest BCUT2D eigenvalue weighted by Gasteiger charge is -2.05. The number of rotatable bonds is 6. The lowest BCUT2D eigenvalue weighted by Crippen LogP contribution is -2.26. The van der Waals surface area contributed by atoms with E-state index in [1.807, 2.05) is 0 Å². The molecule has 0 fully saturated rings. The van der Waals surface area contributed by atoms with Crippen LogP contribution in [-0.4, -0.2) is 33.9 Å². The summed E-state index contributed by atoms with van der Waals surface area (Å²) >= 11 is 0. The Balaban J connectivity index is 2.09. The van der Waals surface area contributed by atoms with Crippen molar-refractivity contribution in [3.8, 4) is 0 Å². The van der Waals surface area contributed by atoms with Gasteiger partial charge in [-0.25, -0.2) is 0 Å². The van der Waals surface area contributed by atoms with Crippen LogP contribution in [-0.2, 0) is 11.2 Å². The van der Waals surface area contributed by atoms with E-state index in [4.69, 9.17) is 5.11 Å². The Hall–Kier alpha value is -1.36. The van der Waals surface area contributed by atoms with Gasteiger partial charge in [0.25, 0.3) is 0 Å². The van der Waals surface area contributed by atoms with Gasteiger partial charge in [0.1, 0.15) is 0 Å². The number of amides is 1. The molecule has 0 aliphatic rings. The summed E-state index contributed by atoms with van der Waals surface area (Å²) in [6.07, 6.45) is 3.16. The highest BCUT2D eigenvalue weighted by Crippen LogP contribution is 1.95. The molecule has 0 saturated heterocycles. The van der Waals surface area contributed by atoms with E-state index >= 15 is 0 Å². The minimum absolute atomic E-state index is 0.0233. The van der Waals surface area contributed by atoms with Gasteiger partial charge in [-0.1, -0.05) is 0 Å². The van der Waals surface area contributed by atoms with Crippen LogP contribution in [0.4, 0.5) is 0 Å². The van der Waals surface area contributed by atoms with E-state index < -0.39 is 0 Å². The van der Waals surface area contributed by atoms with Crippen LogP contribution in [0.5, 0.6) is 0 Å². The molecule has 0 aliphatic carbocycles. The van der Waals surface area contributed by atoms with E-state index in [1.165, 1.54) is 0 Å². The van der Waals surface area contributed by atoms with Crippen LogP contribution in [0.1, 0.15) is 25.5 Å². The number of aromatic amines is 1. The molecule has 5 nitrogen and oxygen atoms in total. The van der Waals surface area contributed by atoms with E-state index in [0.717, 1.165) is 12.1 Å². The van der Waals surface area contributed by atoms with Crippen LogP contribution < -0.4 is 5.32 Å². The molecule has 1 unspecified atom stereocenters. The fraction of sp³-hybridized carbons (Fsp3) is 0.600. The molecule has 1 atom stereocenters.